The molecule has 1 aromatic heterocycles. The molecule has 150 valence electrons. The number of aryl methyl sites for hydroxylation is 2. The highest BCUT2D eigenvalue weighted by Crippen LogP contribution is 2.38. The van der Waals surface area contributed by atoms with Gasteiger partial charge in [0.25, 0.3) is 5.91 Å². The summed E-state index contributed by atoms with van der Waals surface area (Å²) in [6.45, 7) is 5.02. The van der Waals surface area contributed by atoms with Gasteiger partial charge in [-0.05, 0) is 51.2 Å². The summed E-state index contributed by atoms with van der Waals surface area (Å²) in [6, 6.07) is 10.8. The standard InChI is InChI=1S/C23H23ClN2O3/c1-13-5-7-15(8-6-13)20-19-21(27)16-12-17(24)14(2)11-18(16)29-22(19)23(28)26(20)10-9-25(3)4/h5-8,11-12,20H,9-10H2,1-4H3/t20-/m0/s1. The molecule has 0 unspecified atom stereocenters. The van der Waals surface area contributed by atoms with Gasteiger partial charge < -0.3 is 14.2 Å². The van der Waals surface area contributed by atoms with Crippen LogP contribution in [0.25, 0.3) is 11.0 Å². The summed E-state index contributed by atoms with van der Waals surface area (Å²) in [5, 5.41) is 0.907. The van der Waals surface area contributed by atoms with Gasteiger partial charge in [-0.25, -0.2) is 0 Å². The number of fused-ring (bicyclic) bond motifs is 2. The summed E-state index contributed by atoms with van der Waals surface area (Å²) in [7, 11) is 3.91. The fourth-order valence-electron chi connectivity index (χ4n) is 3.77. The van der Waals surface area contributed by atoms with Crippen LogP contribution in [0.1, 0.15) is 38.9 Å². The number of likely N-dealkylation sites (N-methyl/N-ethyl adjacent to an activating group) is 1. The Bertz CT molecular complexity index is 1170. The van der Waals surface area contributed by atoms with E-state index >= 15 is 0 Å². The van der Waals surface area contributed by atoms with Crippen LogP contribution in [0.2, 0.25) is 5.02 Å². The molecule has 4 rings (SSSR count). The molecule has 1 aliphatic heterocycles. The summed E-state index contributed by atoms with van der Waals surface area (Å²) in [4.78, 5) is 30.5. The Morgan fingerprint density at radius 1 is 1.10 bits per heavy atom. The Labute approximate surface area is 174 Å². The molecular weight excluding hydrogens is 388 g/mol. The Balaban J connectivity index is 1.96. The number of rotatable bonds is 4. The molecule has 0 saturated heterocycles. The Hall–Kier alpha value is -2.63. The highest BCUT2D eigenvalue weighted by Gasteiger charge is 2.42. The van der Waals surface area contributed by atoms with E-state index in [1.54, 1.807) is 17.0 Å². The van der Waals surface area contributed by atoms with E-state index in [0.29, 0.717) is 34.6 Å². The highest BCUT2D eigenvalue weighted by molar-refractivity contribution is 6.32. The van der Waals surface area contributed by atoms with E-state index in [2.05, 4.69) is 0 Å². The van der Waals surface area contributed by atoms with E-state index in [4.69, 9.17) is 16.0 Å². The zero-order chi connectivity index (χ0) is 20.9. The fraction of sp³-hybridized carbons (Fsp3) is 0.304. The topological polar surface area (TPSA) is 53.8 Å². The minimum Gasteiger partial charge on any atom is -0.450 e. The number of hydrogen-bond donors (Lipinski definition) is 0. The maximum atomic E-state index is 13.5. The van der Waals surface area contributed by atoms with Crippen LogP contribution < -0.4 is 5.43 Å². The Kier molecular flexibility index (Phi) is 4.97. The molecule has 5 nitrogen and oxygen atoms in total. The van der Waals surface area contributed by atoms with Gasteiger partial charge >= 0.3 is 0 Å². The van der Waals surface area contributed by atoms with Gasteiger partial charge in [0.05, 0.1) is 17.0 Å². The van der Waals surface area contributed by atoms with Crippen molar-refractivity contribution in [3.8, 4) is 0 Å². The van der Waals surface area contributed by atoms with Crippen LogP contribution in [-0.2, 0) is 0 Å². The predicted octanol–water partition coefficient (Wildman–Crippen LogP) is 4.17. The number of amides is 1. The van der Waals surface area contributed by atoms with E-state index < -0.39 is 6.04 Å². The maximum absolute atomic E-state index is 13.5. The van der Waals surface area contributed by atoms with Crippen LogP contribution in [0.15, 0.2) is 45.6 Å². The van der Waals surface area contributed by atoms with Crippen LogP contribution in [0.4, 0.5) is 0 Å². The first-order valence-electron chi connectivity index (χ1n) is 9.57. The molecule has 2 heterocycles. The Morgan fingerprint density at radius 3 is 2.45 bits per heavy atom. The summed E-state index contributed by atoms with van der Waals surface area (Å²) in [5.41, 5.74) is 3.39. The molecule has 0 saturated carbocycles. The molecule has 1 aliphatic rings. The van der Waals surface area contributed by atoms with Crippen molar-refractivity contribution < 1.29 is 9.21 Å². The number of benzene rings is 2. The number of carbonyl (C=O) groups excluding carboxylic acids is 1. The quantitative estimate of drug-likeness (QED) is 0.647. The first-order chi connectivity index (χ1) is 13.8. The third-order valence-electron chi connectivity index (χ3n) is 5.43. The van der Waals surface area contributed by atoms with Crippen molar-refractivity contribution in [2.24, 2.45) is 0 Å². The monoisotopic (exact) mass is 410 g/mol. The molecule has 0 aliphatic carbocycles. The normalized spacial score (nSPS) is 16.1. The highest BCUT2D eigenvalue weighted by atomic mass is 35.5. The van der Waals surface area contributed by atoms with Crippen LogP contribution >= 0.6 is 11.6 Å². The van der Waals surface area contributed by atoms with Gasteiger partial charge in [0.1, 0.15) is 5.58 Å². The predicted molar refractivity (Wildman–Crippen MR) is 115 cm³/mol. The summed E-state index contributed by atoms with van der Waals surface area (Å²) in [5.74, 6) is -0.118. The summed E-state index contributed by atoms with van der Waals surface area (Å²) < 4.78 is 5.98. The summed E-state index contributed by atoms with van der Waals surface area (Å²) >= 11 is 6.26. The lowest BCUT2D eigenvalue weighted by molar-refractivity contribution is 0.0716. The van der Waals surface area contributed by atoms with Gasteiger partial charge in [0.15, 0.2) is 5.43 Å². The minimum atomic E-state index is -0.473. The SMILES string of the molecule is Cc1ccc([C@H]2c3c(oc4cc(C)c(Cl)cc4c3=O)C(=O)N2CCN(C)C)cc1. The van der Waals surface area contributed by atoms with Crippen molar-refractivity contribution in [3.63, 3.8) is 0 Å². The van der Waals surface area contributed by atoms with Gasteiger partial charge in [-0.1, -0.05) is 41.4 Å². The zero-order valence-electron chi connectivity index (χ0n) is 17.0. The van der Waals surface area contributed by atoms with Gasteiger partial charge in [-0.2, -0.15) is 0 Å². The number of carbonyl (C=O) groups is 1. The van der Waals surface area contributed by atoms with E-state index in [9.17, 15) is 9.59 Å². The molecule has 2 aromatic carbocycles. The van der Waals surface area contributed by atoms with Crippen molar-refractivity contribution in [2.75, 3.05) is 27.2 Å². The number of halogens is 1. The average Bonchev–Trinajstić information content (AvgIpc) is 2.95. The molecule has 0 N–H and O–H groups in total. The molecule has 6 heteroatoms. The molecule has 29 heavy (non-hydrogen) atoms. The van der Waals surface area contributed by atoms with E-state index in [0.717, 1.165) is 16.7 Å². The second-order valence-electron chi connectivity index (χ2n) is 7.89. The van der Waals surface area contributed by atoms with Crippen LogP contribution in [-0.4, -0.2) is 42.9 Å². The van der Waals surface area contributed by atoms with Crippen molar-refractivity contribution in [3.05, 3.63) is 79.7 Å². The lowest BCUT2D eigenvalue weighted by Crippen LogP contribution is -2.35. The van der Waals surface area contributed by atoms with Crippen molar-refractivity contribution in [1.29, 1.82) is 0 Å². The minimum absolute atomic E-state index is 0.133. The van der Waals surface area contributed by atoms with E-state index in [-0.39, 0.29) is 17.1 Å². The zero-order valence-corrected chi connectivity index (χ0v) is 17.7. The van der Waals surface area contributed by atoms with Crippen LogP contribution in [0.3, 0.4) is 0 Å². The molecular formula is C23H23ClN2O3. The fourth-order valence-corrected chi connectivity index (χ4v) is 3.94. The van der Waals surface area contributed by atoms with Crippen molar-refractivity contribution in [1.82, 2.24) is 9.80 Å². The van der Waals surface area contributed by atoms with E-state index in [1.807, 2.05) is 57.1 Å². The first-order valence-corrected chi connectivity index (χ1v) is 9.95. The lowest BCUT2D eigenvalue weighted by Gasteiger charge is -2.26. The summed E-state index contributed by atoms with van der Waals surface area (Å²) in [6.07, 6.45) is 0. The van der Waals surface area contributed by atoms with Gasteiger partial charge in [-0.3, -0.25) is 9.59 Å². The smallest absolute Gasteiger partial charge is 0.290 e. The van der Waals surface area contributed by atoms with Crippen LogP contribution in [0, 0.1) is 13.8 Å². The average molecular weight is 411 g/mol. The maximum Gasteiger partial charge on any atom is 0.290 e. The molecule has 0 radical (unpaired) electrons. The van der Waals surface area contributed by atoms with Gasteiger partial charge in [0.2, 0.25) is 5.76 Å². The second-order valence-corrected chi connectivity index (χ2v) is 8.29. The number of hydrogen-bond acceptors (Lipinski definition) is 4. The molecule has 0 bridgehead atoms. The molecule has 3 aromatic rings. The first kappa shape index (κ1) is 19.7. The Morgan fingerprint density at radius 2 is 1.79 bits per heavy atom. The number of nitrogens with zero attached hydrogens (tertiary/aromatic N) is 2. The second kappa shape index (κ2) is 7.32. The molecule has 1 atom stereocenters. The molecule has 0 fully saturated rings. The molecule has 0 spiro atoms. The van der Waals surface area contributed by atoms with E-state index in [1.165, 1.54) is 0 Å². The third-order valence-corrected chi connectivity index (χ3v) is 5.84. The van der Waals surface area contributed by atoms with Crippen LogP contribution in [0.5, 0.6) is 0 Å². The van der Waals surface area contributed by atoms with Crippen molar-refractivity contribution >= 4 is 28.5 Å². The van der Waals surface area contributed by atoms with Gasteiger partial charge in [0, 0.05) is 18.1 Å². The van der Waals surface area contributed by atoms with Gasteiger partial charge in [-0.15, -0.1) is 0 Å². The lowest BCUT2D eigenvalue weighted by atomic mass is 9.97. The third kappa shape index (κ3) is 3.34. The largest absolute Gasteiger partial charge is 0.450 e. The van der Waals surface area contributed by atoms with Crippen molar-refractivity contribution in [2.45, 2.75) is 19.9 Å². The molecule has 1 amide bonds.